The number of carbonyl (C=O) groups excluding carboxylic acids is 2. The summed E-state index contributed by atoms with van der Waals surface area (Å²) < 4.78 is 10.7. The number of alkyl carbamates (subject to hydrolysis) is 1. The van der Waals surface area contributed by atoms with Crippen LogP contribution in [0.2, 0.25) is 0 Å². The standard InChI is InChI=1S/C28H28N2O6/c1-28(2,3)36-27(34)29-18-14-12-17(13-15-18)24(25(31)32)30-26(33)35-16-23-21-10-6-4-8-19(21)20-9-5-7-11-22(20)23/h4-15,23-24H,16H2,1-3H3,(H,29,34)(H,30,33)(H,31,32)/t24-/m0/s1. The predicted molar refractivity (Wildman–Crippen MR) is 135 cm³/mol. The Bertz CT molecular complexity index is 1230. The van der Waals surface area contributed by atoms with Gasteiger partial charge < -0.3 is 19.9 Å². The van der Waals surface area contributed by atoms with Gasteiger partial charge in [-0.05, 0) is 60.7 Å². The molecular formula is C28H28N2O6. The minimum absolute atomic E-state index is 0.0744. The molecule has 3 aromatic carbocycles. The highest BCUT2D eigenvalue weighted by Crippen LogP contribution is 2.44. The first-order chi connectivity index (χ1) is 17.1. The fraction of sp³-hybridized carbons (Fsp3) is 0.250. The number of benzene rings is 3. The molecule has 4 rings (SSSR count). The maximum absolute atomic E-state index is 12.6. The van der Waals surface area contributed by atoms with E-state index in [1.165, 1.54) is 24.3 Å². The van der Waals surface area contributed by atoms with Gasteiger partial charge >= 0.3 is 18.2 Å². The summed E-state index contributed by atoms with van der Waals surface area (Å²) in [4.78, 5) is 36.4. The van der Waals surface area contributed by atoms with Gasteiger partial charge in [-0.25, -0.2) is 14.4 Å². The van der Waals surface area contributed by atoms with Crippen LogP contribution < -0.4 is 10.6 Å². The van der Waals surface area contributed by atoms with Crippen molar-refractivity contribution in [3.05, 3.63) is 89.5 Å². The van der Waals surface area contributed by atoms with Gasteiger partial charge in [0.05, 0.1) is 0 Å². The third kappa shape index (κ3) is 5.66. The van der Waals surface area contributed by atoms with Gasteiger partial charge in [0, 0.05) is 11.6 Å². The maximum Gasteiger partial charge on any atom is 0.412 e. The SMILES string of the molecule is CC(C)(C)OC(=O)Nc1ccc([C@H](NC(=O)OCC2c3ccccc3-c3ccccc32)C(=O)O)cc1. The number of anilines is 1. The van der Waals surface area contributed by atoms with Crippen LogP contribution in [0.1, 0.15) is 49.4 Å². The van der Waals surface area contributed by atoms with Crippen LogP contribution in [0, 0.1) is 0 Å². The van der Waals surface area contributed by atoms with Crippen molar-refractivity contribution in [1.82, 2.24) is 5.32 Å². The van der Waals surface area contributed by atoms with Crippen LogP contribution in [-0.2, 0) is 14.3 Å². The number of rotatable bonds is 6. The van der Waals surface area contributed by atoms with Gasteiger partial charge in [-0.3, -0.25) is 5.32 Å². The Labute approximate surface area is 209 Å². The molecule has 36 heavy (non-hydrogen) atoms. The summed E-state index contributed by atoms with van der Waals surface area (Å²) in [7, 11) is 0. The normalized spacial score (nSPS) is 13.2. The first-order valence-electron chi connectivity index (χ1n) is 11.6. The van der Waals surface area contributed by atoms with Gasteiger partial charge in [0.2, 0.25) is 0 Å². The first-order valence-corrected chi connectivity index (χ1v) is 11.6. The summed E-state index contributed by atoms with van der Waals surface area (Å²) in [5, 5.41) is 14.7. The molecule has 0 heterocycles. The van der Waals surface area contributed by atoms with Crippen molar-refractivity contribution < 1.29 is 29.0 Å². The highest BCUT2D eigenvalue weighted by molar-refractivity contribution is 5.85. The number of hydrogen-bond donors (Lipinski definition) is 3. The lowest BCUT2D eigenvalue weighted by atomic mass is 9.98. The minimum atomic E-state index is -1.32. The number of aliphatic carboxylic acids is 1. The number of amides is 2. The van der Waals surface area contributed by atoms with Crippen molar-refractivity contribution in [3.63, 3.8) is 0 Å². The highest BCUT2D eigenvalue weighted by Gasteiger charge is 2.30. The van der Waals surface area contributed by atoms with E-state index in [9.17, 15) is 19.5 Å². The van der Waals surface area contributed by atoms with Crippen LogP contribution in [0.4, 0.5) is 15.3 Å². The van der Waals surface area contributed by atoms with Crippen LogP contribution in [-0.4, -0.2) is 35.5 Å². The number of carboxylic acids is 1. The molecule has 1 aliphatic carbocycles. The number of ether oxygens (including phenoxy) is 2. The first kappa shape index (κ1) is 24.8. The molecule has 0 bridgehead atoms. The van der Waals surface area contributed by atoms with Crippen LogP contribution in [0.3, 0.4) is 0 Å². The number of carbonyl (C=O) groups is 3. The van der Waals surface area contributed by atoms with Crippen molar-refractivity contribution in [2.75, 3.05) is 11.9 Å². The van der Waals surface area contributed by atoms with Gasteiger partial charge in [0.1, 0.15) is 12.2 Å². The Morgan fingerprint density at radius 3 is 1.94 bits per heavy atom. The Kier molecular flexibility index (Phi) is 6.96. The molecule has 8 heteroatoms. The van der Waals surface area contributed by atoms with E-state index in [0.717, 1.165) is 22.3 Å². The zero-order valence-electron chi connectivity index (χ0n) is 20.3. The van der Waals surface area contributed by atoms with Gasteiger partial charge in [0.25, 0.3) is 0 Å². The summed E-state index contributed by atoms with van der Waals surface area (Å²) in [6, 6.07) is 20.7. The largest absolute Gasteiger partial charge is 0.479 e. The van der Waals surface area contributed by atoms with E-state index in [-0.39, 0.29) is 12.5 Å². The molecule has 8 nitrogen and oxygen atoms in total. The van der Waals surface area contributed by atoms with Gasteiger partial charge in [-0.1, -0.05) is 60.7 Å². The monoisotopic (exact) mass is 488 g/mol. The number of hydrogen-bond acceptors (Lipinski definition) is 5. The summed E-state index contributed by atoms with van der Waals surface area (Å²) in [5.74, 6) is -1.37. The molecule has 0 unspecified atom stereocenters. The van der Waals surface area contributed by atoms with Crippen molar-refractivity contribution in [3.8, 4) is 11.1 Å². The lowest BCUT2D eigenvalue weighted by molar-refractivity contribution is -0.139. The smallest absolute Gasteiger partial charge is 0.412 e. The zero-order valence-corrected chi connectivity index (χ0v) is 20.3. The van der Waals surface area contributed by atoms with E-state index in [1.54, 1.807) is 20.8 Å². The topological polar surface area (TPSA) is 114 Å². The molecule has 0 aromatic heterocycles. The predicted octanol–water partition coefficient (Wildman–Crippen LogP) is 5.70. The second kappa shape index (κ2) is 10.1. The lowest BCUT2D eigenvalue weighted by Gasteiger charge is -2.20. The Balaban J connectivity index is 1.40. The van der Waals surface area contributed by atoms with Gasteiger partial charge in [-0.2, -0.15) is 0 Å². The average Bonchev–Trinajstić information content (AvgIpc) is 3.14. The van der Waals surface area contributed by atoms with Crippen LogP contribution in [0.5, 0.6) is 0 Å². The molecule has 3 aromatic rings. The second-order valence-corrected chi connectivity index (χ2v) is 9.49. The molecule has 0 fully saturated rings. The fourth-order valence-electron chi connectivity index (χ4n) is 4.23. The lowest BCUT2D eigenvalue weighted by Crippen LogP contribution is -2.34. The van der Waals surface area contributed by atoms with Crippen molar-refractivity contribution in [1.29, 1.82) is 0 Å². The minimum Gasteiger partial charge on any atom is -0.479 e. The zero-order chi connectivity index (χ0) is 25.9. The van der Waals surface area contributed by atoms with E-state index < -0.39 is 29.8 Å². The molecule has 2 amide bonds. The van der Waals surface area contributed by atoms with E-state index in [4.69, 9.17) is 9.47 Å². The quantitative estimate of drug-likeness (QED) is 0.410. The van der Waals surface area contributed by atoms with E-state index >= 15 is 0 Å². The van der Waals surface area contributed by atoms with Crippen molar-refractivity contribution >= 4 is 23.8 Å². The Morgan fingerprint density at radius 2 is 1.42 bits per heavy atom. The van der Waals surface area contributed by atoms with Crippen molar-refractivity contribution in [2.45, 2.75) is 38.3 Å². The summed E-state index contributed by atoms with van der Waals surface area (Å²) in [5.41, 5.74) is 4.44. The van der Waals surface area contributed by atoms with Crippen LogP contribution in [0.25, 0.3) is 11.1 Å². The molecule has 0 saturated heterocycles. The molecule has 0 radical (unpaired) electrons. The Morgan fingerprint density at radius 1 is 0.861 bits per heavy atom. The summed E-state index contributed by atoms with van der Waals surface area (Å²) in [6.45, 7) is 5.33. The maximum atomic E-state index is 12.6. The highest BCUT2D eigenvalue weighted by atomic mass is 16.6. The third-order valence-corrected chi connectivity index (χ3v) is 5.74. The molecular weight excluding hydrogens is 460 g/mol. The molecule has 1 atom stereocenters. The Hall–Kier alpha value is -4.33. The molecule has 1 aliphatic rings. The van der Waals surface area contributed by atoms with Gasteiger partial charge in [-0.15, -0.1) is 0 Å². The number of nitrogens with one attached hydrogen (secondary N) is 2. The van der Waals surface area contributed by atoms with Crippen LogP contribution in [0.15, 0.2) is 72.8 Å². The number of fused-ring (bicyclic) bond motifs is 3. The fourth-order valence-corrected chi connectivity index (χ4v) is 4.23. The summed E-state index contributed by atoms with van der Waals surface area (Å²) >= 11 is 0. The van der Waals surface area contributed by atoms with Crippen LogP contribution >= 0.6 is 0 Å². The van der Waals surface area contributed by atoms with Gasteiger partial charge in [0.15, 0.2) is 6.04 Å². The van der Waals surface area contributed by atoms with Crippen molar-refractivity contribution in [2.24, 2.45) is 0 Å². The molecule has 0 saturated carbocycles. The third-order valence-electron chi connectivity index (χ3n) is 5.74. The summed E-state index contributed by atoms with van der Waals surface area (Å²) in [6.07, 6.45) is -1.46. The van der Waals surface area contributed by atoms with E-state index in [1.807, 2.05) is 48.5 Å². The number of carboxylic acid groups (broad SMARTS) is 1. The molecule has 0 aliphatic heterocycles. The van der Waals surface area contributed by atoms with E-state index in [2.05, 4.69) is 10.6 Å². The average molecular weight is 489 g/mol. The molecule has 3 N–H and O–H groups in total. The molecule has 0 spiro atoms. The van der Waals surface area contributed by atoms with E-state index in [0.29, 0.717) is 11.3 Å². The molecule has 186 valence electrons. The second-order valence-electron chi connectivity index (χ2n) is 9.49.